The number of carbonyl (C=O) groups is 1. The second kappa shape index (κ2) is 4.76. The average molecular weight is 219 g/mol. The van der Waals surface area contributed by atoms with Crippen molar-refractivity contribution in [3.8, 4) is 0 Å². The lowest BCUT2D eigenvalue weighted by molar-refractivity contribution is 0.0269. The number of ether oxygens (including phenoxy) is 1. The van der Waals surface area contributed by atoms with E-state index in [1.165, 1.54) is 0 Å². The van der Waals surface area contributed by atoms with Gasteiger partial charge in [-0.05, 0) is 26.0 Å². The van der Waals surface area contributed by atoms with E-state index in [2.05, 4.69) is 11.4 Å². The Hall–Kier alpha value is -1.19. The maximum absolute atomic E-state index is 12.1. The van der Waals surface area contributed by atoms with Crippen molar-refractivity contribution in [1.29, 1.82) is 0 Å². The minimum Gasteiger partial charge on any atom is -0.367 e. The summed E-state index contributed by atoms with van der Waals surface area (Å²) in [6.07, 6.45) is -0.324. The first-order valence-corrected chi connectivity index (χ1v) is 5.61. The SMILES string of the molecule is Cc1cc(C)cc(C(=O)C2CNCCO2)c1. The molecular formula is C13H17NO2. The van der Waals surface area contributed by atoms with Crippen LogP contribution in [0.25, 0.3) is 0 Å². The number of rotatable bonds is 2. The van der Waals surface area contributed by atoms with Crippen LogP contribution in [0, 0.1) is 13.8 Å². The molecule has 3 heteroatoms. The molecule has 0 amide bonds. The van der Waals surface area contributed by atoms with Gasteiger partial charge in [0.05, 0.1) is 6.61 Å². The van der Waals surface area contributed by atoms with Crippen LogP contribution in [0.15, 0.2) is 18.2 Å². The molecule has 3 nitrogen and oxygen atoms in total. The second-order valence-electron chi connectivity index (χ2n) is 4.30. The van der Waals surface area contributed by atoms with Crippen molar-refractivity contribution in [2.24, 2.45) is 0 Å². The minimum absolute atomic E-state index is 0.0824. The van der Waals surface area contributed by atoms with E-state index in [1.807, 2.05) is 26.0 Å². The maximum atomic E-state index is 12.1. The molecule has 0 aromatic heterocycles. The highest BCUT2D eigenvalue weighted by molar-refractivity contribution is 6.00. The van der Waals surface area contributed by atoms with Crippen LogP contribution < -0.4 is 5.32 Å². The predicted molar refractivity (Wildman–Crippen MR) is 62.9 cm³/mol. The molecule has 86 valence electrons. The molecule has 1 atom stereocenters. The number of aryl methyl sites for hydroxylation is 2. The molecule has 1 fully saturated rings. The van der Waals surface area contributed by atoms with Crippen molar-refractivity contribution in [2.45, 2.75) is 20.0 Å². The van der Waals surface area contributed by atoms with Gasteiger partial charge in [0.2, 0.25) is 0 Å². The molecule has 0 aliphatic carbocycles. The zero-order valence-electron chi connectivity index (χ0n) is 9.75. The topological polar surface area (TPSA) is 38.3 Å². The number of benzene rings is 1. The molecule has 1 aromatic carbocycles. The Kier molecular flexibility index (Phi) is 3.36. The van der Waals surface area contributed by atoms with E-state index >= 15 is 0 Å². The number of hydrogen-bond donors (Lipinski definition) is 1. The Morgan fingerprint density at radius 2 is 2.00 bits per heavy atom. The molecule has 1 N–H and O–H groups in total. The zero-order chi connectivity index (χ0) is 11.5. The molecule has 1 unspecified atom stereocenters. The molecule has 0 radical (unpaired) electrons. The number of carbonyl (C=O) groups excluding carboxylic acids is 1. The smallest absolute Gasteiger partial charge is 0.192 e. The van der Waals surface area contributed by atoms with Crippen molar-refractivity contribution in [3.05, 3.63) is 34.9 Å². The van der Waals surface area contributed by atoms with E-state index in [9.17, 15) is 4.79 Å². The van der Waals surface area contributed by atoms with E-state index in [-0.39, 0.29) is 11.9 Å². The minimum atomic E-state index is -0.324. The summed E-state index contributed by atoms with van der Waals surface area (Å²) >= 11 is 0. The van der Waals surface area contributed by atoms with Crippen LogP contribution >= 0.6 is 0 Å². The van der Waals surface area contributed by atoms with E-state index in [4.69, 9.17) is 4.74 Å². The highest BCUT2D eigenvalue weighted by Crippen LogP contribution is 2.13. The third kappa shape index (κ3) is 2.49. The number of morpholine rings is 1. The van der Waals surface area contributed by atoms with E-state index in [0.29, 0.717) is 13.2 Å². The zero-order valence-corrected chi connectivity index (χ0v) is 9.75. The van der Waals surface area contributed by atoms with E-state index in [0.717, 1.165) is 23.2 Å². The summed E-state index contributed by atoms with van der Waals surface area (Å²) < 4.78 is 5.46. The predicted octanol–water partition coefficient (Wildman–Crippen LogP) is 1.47. The quantitative estimate of drug-likeness (QED) is 0.766. The molecule has 1 aliphatic heterocycles. The highest BCUT2D eigenvalue weighted by Gasteiger charge is 2.23. The summed E-state index contributed by atoms with van der Waals surface area (Å²) in [6, 6.07) is 5.91. The van der Waals surface area contributed by atoms with Crippen LogP contribution in [0.2, 0.25) is 0 Å². The fraction of sp³-hybridized carbons (Fsp3) is 0.462. The van der Waals surface area contributed by atoms with Gasteiger partial charge in [-0.3, -0.25) is 4.79 Å². The third-order valence-electron chi connectivity index (χ3n) is 2.73. The Bertz CT molecular complexity index is 375. The molecule has 2 rings (SSSR count). The van der Waals surface area contributed by atoms with Gasteiger partial charge in [-0.15, -0.1) is 0 Å². The van der Waals surface area contributed by atoms with Gasteiger partial charge in [0.15, 0.2) is 5.78 Å². The monoisotopic (exact) mass is 219 g/mol. The van der Waals surface area contributed by atoms with Crippen molar-refractivity contribution >= 4 is 5.78 Å². The third-order valence-corrected chi connectivity index (χ3v) is 2.73. The van der Waals surface area contributed by atoms with Crippen LogP contribution in [0.5, 0.6) is 0 Å². The van der Waals surface area contributed by atoms with Gasteiger partial charge in [-0.1, -0.05) is 17.2 Å². The van der Waals surface area contributed by atoms with Crippen molar-refractivity contribution in [1.82, 2.24) is 5.32 Å². The number of nitrogens with one attached hydrogen (secondary N) is 1. The molecule has 1 saturated heterocycles. The Balaban J connectivity index is 2.19. The van der Waals surface area contributed by atoms with Gasteiger partial charge in [0.1, 0.15) is 6.10 Å². The maximum Gasteiger partial charge on any atom is 0.192 e. The average Bonchev–Trinajstić information content (AvgIpc) is 2.28. The fourth-order valence-corrected chi connectivity index (χ4v) is 2.04. The van der Waals surface area contributed by atoms with E-state index in [1.54, 1.807) is 0 Å². The molecule has 0 spiro atoms. The van der Waals surface area contributed by atoms with Gasteiger partial charge in [0.25, 0.3) is 0 Å². The summed E-state index contributed by atoms with van der Waals surface area (Å²) in [5.74, 6) is 0.0824. The molecule has 1 heterocycles. The summed E-state index contributed by atoms with van der Waals surface area (Å²) in [7, 11) is 0. The molecule has 1 aromatic rings. The summed E-state index contributed by atoms with van der Waals surface area (Å²) in [4.78, 5) is 12.1. The summed E-state index contributed by atoms with van der Waals surface area (Å²) in [5.41, 5.74) is 2.99. The van der Waals surface area contributed by atoms with Gasteiger partial charge in [-0.25, -0.2) is 0 Å². The van der Waals surface area contributed by atoms with Crippen molar-refractivity contribution in [3.63, 3.8) is 0 Å². The number of ketones is 1. The second-order valence-corrected chi connectivity index (χ2v) is 4.30. The molecule has 1 aliphatic rings. The first-order valence-electron chi connectivity index (χ1n) is 5.61. The first kappa shape index (κ1) is 11.3. The standard InChI is InChI=1S/C13H17NO2/c1-9-5-10(2)7-11(6-9)13(15)12-8-14-3-4-16-12/h5-7,12,14H,3-4,8H2,1-2H3. The number of hydrogen-bond acceptors (Lipinski definition) is 3. The Morgan fingerprint density at radius 3 is 2.56 bits per heavy atom. The molecule has 0 saturated carbocycles. The molecule has 0 bridgehead atoms. The Labute approximate surface area is 95.8 Å². The van der Waals surface area contributed by atoms with Crippen molar-refractivity contribution in [2.75, 3.05) is 19.7 Å². The van der Waals surface area contributed by atoms with Crippen LogP contribution in [-0.4, -0.2) is 31.6 Å². The van der Waals surface area contributed by atoms with Crippen molar-refractivity contribution < 1.29 is 9.53 Å². The van der Waals surface area contributed by atoms with E-state index < -0.39 is 0 Å². The van der Waals surface area contributed by atoms with Crippen LogP contribution in [0.3, 0.4) is 0 Å². The lowest BCUT2D eigenvalue weighted by Gasteiger charge is -2.22. The van der Waals surface area contributed by atoms with Gasteiger partial charge in [-0.2, -0.15) is 0 Å². The lowest BCUT2D eigenvalue weighted by atomic mass is 10.0. The van der Waals surface area contributed by atoms with Gasteiger partial charge >= 0.3 is 0 Å². The Morgan fingerprint density at radius 1 is 1.31 bits per heavy atom. The highest BCUT2D eigenvalue weighted by atomic mass is 16.5. The largest absolute Gasteiger partial charge is 0.367 e. The van der Waals surface area contributed by atoms with Crippen LogP contribution in [0.4, 0.5) is 0 Å². The summed E-state index contributed by atoms with van der Waals surface area (Å²) in [5, 5.41) is 3.17. The first-order chi connectivity index (χ1) is 7.66. The molecule has 16 heavy (non-hydrogen) atoms. The van der Waals surface area contributed by atoms with Crippen LogP contribution in [0.1, 0.15) is 21.5 Å². The van der Waals surface area contributed by atoms with Crippen LogP contribution in [-0.2, 0) is 4.74 Å². The fourth-order valence-electron chi connectivity index (χ4n) is 2.04. The van der Waals surface area contributed by atoms with Gasteiger partial charge in [0, 0.05) is 18.7 Å². The lowest BCUT2D eigenvalue weighted by Crippen LogP contribution is -2.43. The number of Topliss-reactive ketones (excluding diaryl/α,β-unsaturated/α-hetero) is 1. The van der Waals surface area contributed by atoms with Gasteiger partial charge < -0.3 is 10.1 Å². The summed E-state index contributed by atoms with van der Waals surface area (Å²) in [6.45, 7) is 6.07. The molecular weight excluding hydrogens is 202 g/mol. The normalized spacial score (nSPS) is 20.8.